The first-order valence-corrected chi connectivity index (χ1v) is 6.62. The first kappa shape index (κ1) is 14.5. The van der Waals surface area contributed by atoms with E-state index in [1.807, 2.05) is 17.0 Å². The smallest absolute Gasteiger partial charge is 0.339 e. The van der Waals surface area contributed by atoms with Gasteiger partial charge in [-0.15, -0.1) is 0 Å². The van der Waals surface area contributed by atoms with E-state index in [2.05, 4.69) is 0 Å². The van der Waals surface area contributed by atoms with Gasteiger partial charge in [-0.2, -0.15) is 0 Å². The zero-order valence-corrected chi connectivity index (χ0v) is 11.7. The lowest BCUT2D eigenvalue weighted by Gasteiger charge is -2.31. The van der Waals surface area contributed by atoms with Gasteiger partial charge in [-0.3, -0.25) is 0 Å². The number of nitrogens with zero attached hydrogens (tertiary/aromatic N) is 1. The number of hydrogen-bond acceptors (Lipinski definition) is 5. The van der Waals surface area contributed by atoms with Crippen LogP contribution in [0.15, 0.2) is 24.3 Å². The lowest BCUT2D eigenvalue weighted by molar-refractivity contribution is -0.108. The van der Waals surface area contributed by atoms with E-state index in [-0.39, 0.29) is 12.1 Å². The Kier molecular flexibility index (Phi) is 4.74. The third kappa shape index (κ3) is 2.67. The van der Waals surface area contributed by atoms with Crippen molar-refractivity contribution in [3.63, 3.8) is 0 Å². The lowest BCUT2D eigenvalue weighted by Crippen LogP contribution is -2.40. The second-order valence-corrected chi connectivity index (χ2v) is 4.81. The van der Waals surface area contributed by atoms with Gasteiger partial charge < -0.3 is 19.2 Å². The molecule has 0 spiro atoms. The zero-order valence-electron chi connectivity index (χ0n) is 11.7. The Morgan fingerprint density at radius 1 is 1.35 bits per heavy atom. The molecule has 2 rings (SSSR count). The molecular weight excluding hydrogens is 258 g/mol. The second-order valence-electron chi connectivity index (χ2n) is 4.81. The molecule has 5 heteroatoms. The molecule has 5 nitrogen and oxygen atoms in total. The van der Waals surface area contributed by atoms with Crippen LogP contribution in [-0.2, 0) is 14.3 Å². The molecule has 1 aromatic carbocycles. The largest absolute Gasteiger partial charge is 0.465 e. The number of aldehydes is 1. The van der Waals surface area contributed by atoms with Gasteiger partial charge in [0.15, 0.2) is 0 Å². The Morgan fingerprint density at radius 3 is 2.75 bits per heavy atom. The first-order chi connectivity index (χ1) is 9.72. The summed E-state index contributed by atoms with van der Waals surface area (Å²) in [5.41, 5.74) is 1.21. The fraction of sp³-hybridized carbons (Fsp3) is 0.467. The van der Waals surface area contributed by atoms with Crippen LogP contribution in [0.25, 0.3) is 0 Å². The summed E-state index contributed by atoms with van der Waals surface area (Å²) in [6, 6.07) is 7.07. The maximum absolute atomic E-state index is 11.9. The Hall–Kier alpha value is -1.88. The molecule has 108 valence electrons. The zero-order chi connectivity index (χ0) is 14.5. The van der Waals surface area contributed by atoms with Crippen molar-refractivity contribution >= 4 is 17.9 Å². The van der Waals surface area contributed by atoms with Crippen molar-refractivity contribution in [1.29, 1.82) is 0 Å². The molecule has 0 aliphatic carbocycles. The third-order valence-corrected chi connectivity index (χ3v) is 3.65. The SMILES string of the molecule is COCC1CCC(C=O)N1c1ccccc1C(=O)OC. The van der Waals surface area contributed by atoms with E-state index in [0.717, 1.165) is 24.8 Å². The molecule has 1 aromatic rings. The number of rotatable bonds is 5. The molecule has 0 bridgehead atoms. The number of carbonyl (C=O) groups is 2. The van der Waals surface area contributed by atoms with Gasteiger partial charge in [-0.05, 0) is 25.0 Å². The highest BCUT2D eigenvalue weighted by Crippen LogP contribution is 2.32. The number of benzene rings is 1. The summed E-state index contributed by atoms with van der Waals surface area (Å²) in [5, 5.41) is 0. The highest BCUT2D eigenvalue weighted by molar-refractivity contribution is 5.96. The molecule has 0 amide bonds. The van der Waals surface area contributed by atoms with Crippen LogP contribution in [0.4, 0.5) is 5.69 Å². The van der Waals surface area contributed by atoms with Crippen molar-refractivity contribution in [2.75, 3.05) is 25.7 Å². The van der Waals surface area contributed by atoms with E-state index < -0.39 is 5.97 Å². The fourth-order valence-electron chi connectivity index (χ4n) is 2.76. The highest BCUT2D eigenvalue weighted by Gasteiger charge is 2.35. The van der Waals surface area contributed by atoms with Crippen molar-refractivity contribution < 1.29 is 19.1 Å². The van der Waals surface area contributed by atoms with Gasteiger partial charge in [0.2, 0.25) is 0 Å². The monoisotopic (exact) mass is 277 g/mol. The molecule has 2 atom stereocenters. The molecule has 1 aliphatic heterocycles. The quantitative estimate of drug-likeness (QED) is 0.605. The first-order valence-electron chi connectivity index (χ1n) is 6.62. The van der Waals surface area contributed by atoms with Gasteiger partial charge in [0.25, 0.3) is 0 Å². The van der Waals surface area contributed by atoms with Crippen LogP contribution in [0, 0.1) is 0 Å². The summed E-state index contributed by atoms with van der Waals surface area (Å²) in [7, 11) is 2.99. The molecule has 1 heterocycles. The van der Waals surface area contributed by atoms with Crippen LogP contribution in [0.3, 0.4) is 0 Å². The van der Waals surface area contributed by atoms with Crippen LogP contribution in [-0.4, -0.2) is 45.2 Å². The molecule has 0 N–H and O–H groups in total. The minimum absolute atomic E-state index is 0.0982. The molecule has 0 saturated carbocycles. The summed E-state index contributed by atoms with van der Waals surface area (Å²) < 4.78 is 10.0. The van der Waals surface area contributed by atoms with Crippen molar-refractivity contribution in [2.24, 2.45) is 0 Å². The minimum atomic E-state index is -0.395. The van der Waals surface area contributed by atoms with Gasteiger partial charge in [-0.1, -0.05) is 12.1 Å². The summed E-state index contributed by atoms with van der Waals surface area (Å²) in [6.45, 7) is 0.528. The third-order valence-electron chi connectivity index (χ3n) is 3.65. The van der Waals surface area contributed by atoms with Crippen LogP contribution in [0.1, 0.15) is 23.2 Å². The van der Waals surface area contributed by atoms with Crippen LogP contribution >= 0.6 is 0 Å². The van der Waals surface area contributed by atoms with Crippen LogP contribution in [0.5, 0.6) is 0 Å². The Morgan fingerprint density at radius 2 is 2.10 bits per heavy atom. The van der Waals surface area contributed by atoms with Crippen LogP contribution in [0.2, 0.25) is 0 Å². The van der Waals surface area contributed by atoms with Crippen molar-refractivity contribution in [3.05, 3.63) is 29.8 Å². The normalized spacial score (nSPS) is 21.8. The Labute approximate surface area is 118 Å². The predicted molar refractivity (Wildman–Crippen MR) is 75.0 cm³/mol. The number of anilines is 1. The number of esters is 1. The Bertz CT molecular complexity index is 489. The van der Waals surface area contributed by atoms with E-state index >= 15 is 0 Å². The molecule has 1 fully saturated rings. The van der Waals surface area contributed by atoms with Gasteiger partial charge in [0.05, 0.1) is 37.1 Å². The van der Waals surface area contributed by atoms with Crippen molar-refractivity contribution in [1.82, 2.24) is 0 Å². The topological polar surface area (TPSA) is 55.8 Å². The number of ether oxygens (including phenoxy) is 2. The van der Waals surface area contributed by atoms with E-state index in [0.29, 0.717) is 12.2 Å². The van der Waals surface area contributed by atoms with Crippen LogP contribution < -0.4 is 4.90 Å². The van der Waals surface area contributed by atoms with E-state index in [1.54, 1.807) is 19.2 Å². The standard InChI is InChI=1S/C15H19NO4/c1-19-10-12-8-7-11(9-17)16(12)14-6-4-3-5-13(14)15(18)20-2/h3-6,9,11-12H,7-8,10H2,1-2H3. The molecule has 20 heavy (non-hydrogen) atoms. The Balaban J connectivity index is 2.41. The lowest BCUT2D eigenvalue weighted by atomic mass is 10.1. The maximum atomic E-state index is 11.9. The number of para-hydroxylation sites is 1. The second kappa shape index (κ2) is 6.52. The van der Waals surface area contributed by atoms with Gasteiger partial charge in [0.1, 0.15) is 6.29 Å². The number of hydrogen-bond donors (Lipinski definition) is 0. The minimum Gasteiger partial charge on any atom is -0.465 e. The van der Waals surface area contributed by atoms with Crippen molar-refractivity contribution in [2.45, 2.75) is 24.9 Å². The summed E-state index contributed by atoms with van der Waals surface area (Å²) in [6.07, 6.45) is 2.57. The number of methoxy groups -OCH3 is 2. The maximum Gasteiger partial charge on any atom is 0.339 e. The van der Waals surface area contributed by atoms with Gasteiger partial charge in [-0.25, -0.2) is 4.79 Å². The average molecular weight is 277 g/mol. The molecular formula is C15H19NO4. The molecule has 0 radical (unpaired) electrons. The van der Waals surface area contributed by atoms with Gasteiger partial charge in [0, 0.05) is 7.11 Å². The molecule has 1 aliphatic rings. The van der Waals surface area contributed by atoms with E-state index in [9.17, 15) is 9.59 Å². The summed E-state index contributed by atoms with van der Waals surface area (Å²) in [5.74, 6) is -0.395. The molecule has 1 saturated heterocycles. The molecule has 0 aromatic heterocycles. The fourth-order valence-corrected chi connectivity index (χ4v) is 2.76. The number of carbonyl (C=O) groups excluding carboxylic acids is 2. The van der Waals surface area contributed by atoms with Gasteiger partial charge >= 0.3 is 5.97 Å². The van der Waals surface area contributed by atoms with Crippen molar-refractivity contribution in [3.8, 4) is 0 Å². The predicted octanol–water partition coefficient (Wildman–Crippen LogP) is 1.66. The highest BCUT2D eigenvalue weighted by atomic mass is 16.5. The average Bonchev–Trinajstić information content (AvgIpc) is 2.89. The summed E-state index contributed by atoms with van der Waals surface area (Å²) in [4.78, 5) is 25.1. The summed E-state index contributed by atoms with van der Waals surface area (Å²) >= 11 is 0. The molecule has 2 unspecified atom stereocenters. The van der Waals surface area contributed by atoms with E-state index in [1.165, 1.54) is 7.11 Å². The van der Waals surface area contributed by atoms with E-state index in [4.69, 9.17) is 9.47 Å².